The van der Waals surface area contributed by atoms with Crippen molar-refractivity contribution in [1.29, 1.82) is 0 Å². The first-order valence-corrected chi connectivity index (χ1v) is 7.08. The topological polar surface area (TPSA) is 62.7 Å². The molecular weight excluding hydrogens is 278 g/mol. The Balaban J connectivity index is 1.95. The van der Waals surface area contributed by atoms with Crippen LogP contribution in [-0.4, -0.2) is 18.9 Å². The third-order valence-corrected chi connectivity index (χ3v) is 2.98. The highest BCUT2D eigenvalue weighted by molar-refractivity contribution is 5.91. The smallest absolute Gasteiger partial charge is 0.339 e. The third-order valence-electron chi connectivity index (χ3n) is 2.98. The number of rotatable bonds is 5. The molecule has 0 aromatic heterocycles. The number of benzene rings is 2. The van der Waals surface area contributed by atoms with Crippen LogP contribution in [-0.2, 0) is 0 Å². The summed E-state index contributed by atoms with van der Waals surface area (Å²) in [5.74, 6) is 0.731. The summed E-state index contributed by atoms with van der Waals surface area (Å²) in [4.78, 5) is 11.8. The van der Waals surface area contributed by atoms with E-state index < -0.39 is 0 Å². The Morgan fingerprint density at radius 2 is 1.91 bits per heavy atom. The van der Waals surface area contributed by atoms with Gasteiger partial charge in [-0.1, -0.05) is 30.3 Å². The minimum absolute atomic E-state index is 0.389. The summed E-state index contributed by atoms with van der Waals surface area (Å²) in [6, 6.07) is 14.7. The van der Waals surface area contributed by atoms with Crippen molar-refractivity contribution in [2.75, 3.05) is 11.9 Å². The van der Waals surface area contributed by atoms with E-state index in [4.69, 9.17) is 4.74 Å². The molecule has 114 valence electrons. The van der Waals surface area contributed by atoms with Crippen molar-refractivity contribution in [1.82, 2.24) is 5.43 Å². The van der Waals surface area contributed by atoms with Crippen LogP contribution in [0.5, 0.6) is 5.75 Å². The zero-order chi connectivity index (χ0) is 15.8. The summed E-state index contributed by atoms with van der Waals surface area (Å²) in [6.07, 6.45) is 1.56. The van der Waals surface area contributed by atoms with Gasteiger partial charge in [-0.15, -0.1) is 0 Å². The molecule has 2 aromatic carbocycles. The van der Waals surface area contributed by atoms with E-state index >= 15 is 0 Å². The maximum Gasteiger partial charge on any atom is 0.339 e. The molecule has 0 aliphatic carbocycles. The predicted molar refractivity (Wildman–Crippen MR) is 88.5 cm³/mol. The maximum atomic E-state index is 11.8. The highest BCUT2D eigenvalue weighted by Crippen LogP contribution is 2.15. The quantitative estimate of drug-likeness (QED) is 0.655. The van der Waals surface area contributed by atoms with Crippen molar-refractivity contribution in [2.45, 2.75) is 13.8 Å². The van der Waals surface area contributed by atoms with Crippen molar-refractivity contribution < 1.29 is 9.53 Å². The Labute approximate surface area is 130 Å². The van der Waals surface area contributed by atoms with Crippen LogP contribution in [0.3, 0.4) is 0 Å². The SMILES string of the molecule is CCOc1ccccc1/C=N\NC(=O)Nc1ccccc1C. The van der Waals surface area contributed by atoms with Gasteiger partial charge < -0.3 is 10.1 Å². The molecule has 22 heavy (non-hydrogen) atoms. The molecule has 0 unspecified atom stereocenters. The molecule has 0 aliphatic heterocycles. The molecule has 2 N–H and O–H groups in total. The predicted octanol–water partition coefficient (Wildman–Crippen LogP) is 3.55. The standard InChI is InChI=1S/C17H19N3O2/c1-3-22-16-11-7-5-9-14(16)12-18-20-17(21)19-15-10-6-4-8-13(15)2/h4-12H,3H2,1-2H3,(H2,19,20,21)/b18-12-. The molecule has 0 radical (unpaired) electrons. The van der Waals surface area contributed by atoms with Crippen LogP contribution >= 0.6 is 0 Å². The normalized spacial score (nSPS) is 10.5. The minimum Gasteiger partial charge on any atom is -0.493 e. The maximum absolute atomic E-state index is 11.8. The van der Waals surface area contributed by atoms with Crippen LogP contribution in [0.2, 0.25) is 0 Å². The number of hydrogen-bond acceptors (Lipinski definition) is 3. The van der Waals surface area contributed by atoms with Crippen molar-refractivity contribution in [2.24, 2.45) is 5.10 Å². The number of para-hydroxylation sites is 2. The van der Waals surface area contributed by atoms with E-state index in [-0.39, 0.29) is 6.03 Å². The fourth-order valence-corrected chi connectivity index (χ4v) is 1.90. The monoisotopic (exact) mass is 297 g/mol. The molecular formula is C17H19N3O2. The van der Waals surface area contributed by atoms with Gasteiger partial charge in [0, 0.05) is 11.3 Å². The second-order valence-electron chi connectivity index (χ2n) is 4.61. The number of nitrogens with one attached hydrogen (secondary N) is 2. The zero-order valence-corrected chi connectivity index (χ0v) is 12.7. The minimum atomic E-state index is -0.389. The lowest BCUT2D eigenvalue weighted by Gasteiger charge is -2.07. The van der Waals surface area contributed by atoms with Gasteiger partial charge >= 0.3 is 6.03 Å². The van der Waals surface area contributed by atoms with Crippen LogP contribution in [0.15, 0.2) is 53.6 Å². The van der Waals surface area contributed by atoms with Gasteiger partial charge in [0.1, 0.15) is 5.75 Å². The molecule has 5 heteroatoms. The highest BCUT2D eigenvalue weighted by atomic mass is 16.5. The van der Waals surface area contributed by atoms with Gasteiger partial charge in [-0.3, -0.25) is 0 Å². The number of ether oxygens (including phenoxy) is 1. The van der Waals surface area contributed by atoms with Gasteiger partial charge in [-0.25, -0.2) is 10.2 Å². The van der Waals surface area contributed by atoms with Crippen LogP contribution in [0.4, 0.5) is 10.5 Å². The molecule has 2 amide bonds. The first-order valence-electron chi connectivity index (χ1n) is 7.08. The van der Waals surface area contributed by atoms with Gasteiger partial charge in [-0.2, -0.15) is 5.10 Å². The van der Waals surface area contributed by atoms with E-state index in [1.807, 2.05) is 62.4 Å². The average molecular weight is 297 g/mol. The summed E-state index contributed by atoms with van der Waals surface area (Å²) in [7, 11) is 0. The number of hydrogen-bond donors (Lipinski definition) is 2. The van der Waals surface area contributed by atoms with Crippen LogP contribution < -0.4 is 15.5 Å². The molecule has 5 nitrogen and oxygen atoms in total. The molecule has 0 aliphatic rings. The Bertz CT molecular complexity index is 668. The van der Waals surface area contributed by atoms with Crippen molar-refractivity contribution in [3.8, 4) is 5.75 Å². The fraction of sp³-hybridized carbons (Fsp3) is 0.176. The lowest BCUT2D eigenvalue weighted by Crippen LogP contribution is -2.24. The van der Waals surface area contributed by atoms with Crippen molar-refractivity contribution >= 4 is 17.9 Å². The van der Waals surface area contributed by atoms with Crippen LogP contribution in [0, 0.1) is 6.92 Å². The number of urea groups is 1. The number of carbonyl (C=O) groups is 1. The van der Waals surface area contributed by atoms with Crippen LogP contribution in [0.1, 0.15) is 18.1 Å². The van der Waals surface area contributed by atoms with E-state index in [1.165, 1.54) is 0 Å². The summed E-state index contributed by atoms with van der Waals surface area (Å²) in [6.45, 7) is 4.42. The summed E-state index contributed by atoms with van der Waals surface area (Å²) in [5, 5.41) is 6.68. The lowest BCUT2D eigenvalue weighted by molar-refractivity contribution is 0.252. The Morgan fingerprint density at radius 3 is 2.68 bits per heavy atom. The number of nitrogens with zero attached hydrogens (tertiary/aromatic N) is 1. The highest BCUT2D eigenvalue weighted by Gasteiger charge is 2.02. The van der Waals surface area contributed by atoms with Crippen molar-refractivity contribution in [3.63, 3.8) is 0 Å². The molecule has 0 fully saturated rings. The lowest BCUT2D eigenvalue weighted by atomic mass is 10.2. The first kappa shape index (κ1) is 15.6. The Hall–Kier alpha value is -2.82. The van der Waals surface area contributed by atoms with E-state index in [0.29, 0.717) is 6.61 Å². The molecule has 0 saturated carbocycles. The molecule has 0 atom stereocenters. The number of anilines is 1. The molecule has 2 aromatic rings. The number of hydrazone groups is 1. The third kappa shape index (κ3) is 4.34. The molecule has 0 spiro atoms. The second kappa shape index (κ2) is 7.83. The van der Waals surface area contributed by atoms with Gasteiger partial charge in [-0.05, 0) is 37.6 Å². The molecule has 2 rings (SSSR count). The number of amides is 2. The molecule has 0 bridgehead atoms. The van der Waals surface area contributed by atoms with Gasteiger partial charge in [0.15, 0.2) is 0 Å². The number of aryl methyl sites for hydroxylation is 1. The molecule has 0 saturated heterocycles. The van der Waals surface area contributed by atoms with Crippen LogP contribution in [0.25, 0.3) is 0 Å². The van der Waals surface area contributed by atoms with E-state index in [2.05, 4.69) is 15.8 Å². The largest absolute Gasteiger partial charge is 0.493 e. The summed E-state index contributed by atoms with van der Waals surface area (Å²) in [5.41, 5.74) is 4.99. The molecule has 0 heterocycles. The average Bonchev–Trinajstić information content (AvgIpc) is 2.51. The van der Waals surface area contributed by atoms with Crippen molar-refractivity contribution in [3.05, 3.63) is 59.7 Å². The second-order valence-corrected chi connectivity index (χ2v) is 4.61. The van der Waals surface area contributed by atoms with E-state index in [1.54, 1.807) is 6.21 Å². The van der Waals surface area contributed by atoms with Gasteiger partial charge in [0.2, 0.25) is 0 Å². The van der Waals surface area contributed by atoms with Gasteiger partial charge in [0.05, 0.1) is 12.8 Å². The summed E-state index contributed by atoms with van der Waals surface area (Å²) >= 11 is 0. The Kier molecular flexibility index (Phi) is 5.54. The summed E-state index contributed by atoms with van der Waals surface area (Å²) < 4.78 is 5.49. The fourth-order valence-electron chi connectivity index (χ4n) is 1.90. The number of carbonyl (C=O) groups excluding carboxylic acids is 1. The Morgan fingerprint density at radius 1 is 1.18 bits per heavy atom. The van der Waals surface area contributed by atoms with E-state index in [9.17, 15) is 4.79 Å². The van der Waals surface area contributed by atoms with E-state index in [0.717, 1.165) is 22.6 Å². The van der Waals surface area contributed by atoms with Gasteiger partial charge in [0.25, 0.3) is 0 Å². The zero-order valence-electron chi connectivity index (χ0n) is 12.7. The first-order chi connectivity index (χ1) is 10.7.